The van der Waals surface area contributed by atoms with Gasteiger partial charge in [-0.2, -0.15) is 4.37 Å². The Hall–Kier alpha value is -1.95. The molecule has 1 heterocycles. The lowest BCUT2D eigenvalue weighted by molar-refractivity contribution is 0.0696. The summed E-state index contributed by atoms with van der Waals surface area (Å²) in [5, 5.41) is 12.8. The van der Waals surface area contributed by atoms with Crippen LogP contribution in [0.1, 0.15) is 28.7 Å². The first kappa shape index (κ1) is 12.5. The monoisotopic (exact) mass is 263 g/mol. The zero-order chi connectivity index (χ0) is 13.1. The van der Waals surface area contributed by atoms with Gasteiger partial charge in [0.25, 0.3) is 0 Å². The van der Waals surface area contributed by atoms with Gasteiger partial charge in [0.05, 0.1) is 5.56 Å². The maximum atomic E-state index is 11.0. The highest BCUT2D eigenvalue weighted by atomic mass is 32.1. The normalized spacial score (nSPS) is 10.3. The summed E-state index contributed by atoms with van der Waals surface area (Å²) >= 11 is 1.27. The molecule has 0 saturated carbocycles. The van der Waals surface area contributed by atoms with Crippen LogP contribution in [0.3, 0.4) is 0 Å². The van der Waals surface area contributed by atoms with E-state index in [1.165, 1.54) is 11.5 Å². The van der Waals surface area contributed by atoms with E-state index in [9.17, 15) is 4.79 Å². The fourth-order valence-corrected chi connectivity index (χ4v) is 2.17. The highest BCUT2D eigenvalue weighted by Crippen LogP contribution is 2.21. The SMILES string of the molecule is CCc1nsc(Nc2ccc(C)c(C(=O)O)c2)n1. The molecule has 0 radical (unpaired) electrons. The van der Waals surface area contributed by atoms with Gasteiger partial charge in [0.1, 0.15) is 5.82 Å². The first-order valence-electron chi connectivity index (χ1n) is 5.53. The van der Waals surface area contributed by atoms with Crippen molar-refractivity contribution in [2.24, 2.45) is 0 Å². The second-order valence-electron chi connectivity index (χ2n) is 3.83. The number of carboxylic acids is 1. The number of carboxylic acid groups (broad SMARTS) is 1. The van der Waals surface area contributed by atoms with Crippen LogP contribution in [-0.2, 0) is 6.42 Å². The Balaban J connectivity index is 2.24. The van der Waals surface area contributed by atoms with E-state index in [0.717, 1.165) is 17.8 Å². The Kier molecular flexibility index (Phi) is 3.57. The minimum Gasteiger partial charge on any atom is -0.478 e. The highest BCUT2D eigenvalue weighted by Gasteiger charge is 2.09. The van der Waals surface area contributed by atoms with Crippen LogP contribution < -0.4 is 5.32 Å². The molecule has 18 heavy (non-hydrogen) atoms. The van der Waals surface area contributed by atoms with E-state index in [1.54, 1.807) is 19.1 Å². The third kappa shape index (κ3) is 2.65. The fourth-order valence-electron chi connectivity index (χ4n) is 1.50. The van der Waals surface area contributed by atoms with E-state index < -0.39 is 5.97 Å². The standard InChI is InChI=1S/C12H13N3O2S/c1-3-10-14-12(18-15-10)13-8-5-4-7(2)9(6-8)11(16)17/h4-6H,3H2,1-2H3,(H,16,17)(H,13,14,15). The van der Waals surface area contributed by atoms with E-state index in [4.69, 9.17) is 5.11 Å². The molecule has 0 bridgehead atoms. The van der Waals surface area contributed by atoms with Crippen molar-refractivity contribution in [2.75, 3.05) is 5.32 Å². The van der Waals surface area contributed by atoms with E-state index in [-0.39, 0.29) is 0 Å². The third-order valence-corrected chi connectivity index (χ3v) is 3.17. The molecule has 6 heteroatoms. The van der Waals surface area contributed by atoms with Crippen molar-refractivity contribution in [3.05, 3.63) is 35.2 Å². The van der Waals surface area contributed by atoms with Crippen LogP contribution in [0.5, 0.6) is 0 Å². The van der Waals surface area contributed by atoms with Crippen molar-refractivity contribution >= 4 is 28.3 Å². The summed E-state index contributed by atoms with van der Waals surface area (Å²) in [5.41, 5.74) is 1.73. The molecule has 0 unspecified atom stereocenters. The molecule has 0 spiro atoms. The van der Waals surface area contributed by atoms with Crippen LogP contribution in [0.25, 0.3) is 0 Å². The number of carbonyl (C=O) groups is 1. The summed E-state index contributed by atoms with van der Waals surface area (Å²) in [7, 11) is 0. The molecule has 0 fully saturated rings. The number of hydrogen-bond donors (Lipinski definition) is 2. The molecule has 2 rings (SSSR count). The van der Waals surface area contributed by atoms with Gasteiger partial charge in [-0.3, -0.25) is 0 Å². The molecule has 5 nitrogen and oxygen atoms in total. The molecule has 94 valence electrons. The summed E-state index contributed by atoms with van der Waals surface area (Å²) in [6.45, 7) is 3.76. The molecule has 0 atom stereocenters. The van der Waals surface area contributed by atoms with E-state index in [1.807, 2.05) is 13.0 Å². The predicted molar refractivity (Wildman–Crippen MR) is 70.7 cm³/mol. The first-order valence-corrected chi connectivity index (χ1v) is 6.31. The second kappa shape index (κ2) is 5.14. The smallest absolute Gasteiger partial charge is 0.336 e. The second-order valence-corrected chi connectivity index (χ2v) is 4.58. The molecule has 2 N–H and O–H groups in total. The third-order valence-electron chi connectivity index (χ3n) is 2.50. The van der Waals surface area contributed by atoms with Crippen molar-refractivity contribution in [1.29, 1.82) is 0 Å². The van der Waals surface area contributed by atoms with Gasteiger partial charge in [-0.25, -0.2) is 9.78 Å². The maximum absolute atomic E-state index is 11.0. The zero-order valence-electron chi connectivity index (χ0n) is 10.1. The number of aryl methyl sites for hydroxylation is 2. The van der Waals surface area contributed by atoms with E-state index in [2.05, 4.69) is 14.7 Å². The highest BCUT2D eigenvalue weighted by molar-refractivity contribution is 7.09. The van der Waals surface area contributed by atoms with Gasteiger partial charge in [-0.1, -0.05) is 13.0 Å². The van der Waals surface area contributed by atoms with Gasteiger partial charge < -0.3 is 10.4 Å². The first-order chi connectivity index (χ1) is 8.60. The van der Waals surface area contributed by atoms with Crippen LogP contribution >= 0.6 is 11.5 Å². The van der Waals surface area contributed by atoms with Crippen LogP contribution in [0.2, 0.25) is 0 Å². The van der Waals surface area contributed by atoms with Gasteiger partial charge in [0.2, 0.25) is 5.13 Å². The number of benzene rings is 1. The van der Waals surface area contributed by atoms with Gasteiger partial charge in [-0.15, -0.1) is 0 Å². The van der Waals surface area contributed by atoms with Crippen LogP contribution in [-0.4, -0.2) is 20.4 Å². The number of anilines is 2. The molecule has 0 aliphatic heterocycles. The summed E-state index contributed by atoms with van der Waals surface area (Å²) in [4.78, 5) is 15.3. The Bertz CT molecular complexity index is 580. The predicted octanol–water partition coefficient (Wildman–Crippen LogP) is 2.85. The number of aromatic carboxylic acids is 1. The molecular weight excluding hydrogens is 250 g/mol. The Morgan fingerprint density at radius 1 is 1.50 bits per heavy atom. The van der Waals surface area contributed by atoms with Crippen molar-refractivity contribution in [2.45, 2.75) is 20.3 Å². The molecular formula is C12H13N3O2S. The van der Waals surface area contributed by atoms with Crippen molar-refractivity contribution in [1.82, 2.24) is 9.36 Å². The average Bonchev–Trinajstić information content (AvgIpc) is 2.79. The minimum absolute atomic E-state index is 0.292. The van der Waals surface area contributed by atoms with E-state index >= 15 is 0 Å². The van der Waals surface area contributed by atoms with Gasteiger partial charge in [0.15, 0.2) is 0 Å². The lowest BCUT2D eigenvalue weighted by Crippen LogP contribution is -2.01. The molecule has 0 aliphatic carbocycles. The van der Waals surface area contributed by atoms with Gasteiger partial charge >= 0.3 is 5.97 Å². The Morgan fingerprint density at radius 3 is 2.89 bits per heavy atom. The maximum Gasteiger partial charge on any atom is 0.336 e. The molecule has 2 aromatic rings. The zero-order valence-corrected chi connectivity index (χ0v) is 10.9. The quantitative estimate of drug-likeness (QED) is 0.887. The lowest BCUT2D eigenvalue weighted by atomic mass is 10.1. The summed E-state index contributed by atoms with van der Waals surface area (Å²) < 4.78 is 4.16. The molecule has 1 aromatic carbocycles. The average molecular weight is 263 g/mol. The number of rotatable bonds is 4. The Labute approximate surface area is 109 Å². The fraction of sp³-hybridized carbons (Fsp3) is 0.250. The summed E-state index contributed by atoms with van der Waals surface area (Å²) in [6.07, 6.45) is 0.784. The number of hydrogen-bond acceptors (Lipinski definition) is 5. The Morgan fingerprint density at radius 2 is 2.28 bits per heavy atom. The van der Waals surface area contributed by atoms with Crippen LogP contribution in [0, 0.1) is 6.92 Å². The lowest BCUT2D eigenvalue weighted by Gasteiger charge is -2.05. The largest absolute Gasteiger partial charge is 0.478 e. The molecule has 0 aliphatic rings. The summed E-state index contributed by atoms with van der Waals surface area (Å²) in [5.74, 6) is -0.143. The van der Waals surface area contributed by atoms with Crippen molar-refractivity contribution in [3.63, 3.8) is 0 Å². The van der Waals surface area contributed by atoms with Crippen molar-refractivity contribution in [3.8, 4) is 0 Å². The van der Waals surface area contributed by atoms with Crippen molar-refractivity contribution < 1.29 is 9.90 Å². The van der Waals surface area contributed by atoms with Gasteiger partial charge in [0, 0.05) is 23.6 Å². The number of nitrogens with one attached hydrogen (secondary N) is 1. The molecule has 0 amide bonds. The number of aromatic nitrogens is 2. The number of nitrogens with zero attached hydrogens (tertiary/aromatic N) is 2. The molecule has 1 aromatic heterocycles. The molecule has 0 saturated heterocycles. The van der Waals surface area contributed by atoms with E-state index in [0.29, 0.717) is 16.4 Å². The topological polar surface area (TPSA) is 75.1 Å². The minimum atomic E-state index is -0.928. The van der Waals surface area contributed by atoms with Gasteiger partial charge in [-0.05, 0) is 24.6 Å². The van der Waals surface area contributed by atoms with Crippen LogP contribution in [0.4, 0.5) is 10.8 Å². The van der Waals surface area contributed by atoms with Crippen LogP contribution in [0.15, 0.2) is 18.2 Å². The summed E-state index contributed by atoms with van der Waals surface area (Å²) in [6, 6.07) is 5.20.